The van der Waals surface area contributed by atoms with E-state index < -0.39 is 11.9 Å². The first kappa shape index (κ1) is 19.4. The van der Waals surface area contributed by atoms with E-state index in [9.17, 15) is 9.59 Å². The molecule has 0 saturated heterocycles. The van der Waals surface area contributed by atoms with Gasteiger partial charge in [0.2, 0.25) is 0 Å². The van der Waals surface area contributed by atoms with Crippen LogP contribution in [-0.4, -0.2) is 44.1 Å². The maximum Gasteiger partial charge on any atom is 0.349 e. The molecule has 0 amide bonds. The van der Waals surface area contributed by atoms with Gasteiger partial charge in [0, 0.05) is 0 Å². The average molecular weight is 347 g/mol. The van der Waals surface area contributed by atoms with Crippen molar-refractivity contribution in [3.05, 3.63) is 29.3 Å². The van der Waals surface area contributed by atoms with Gasteiger partial charge in [0.05, 0.1) is 6.54 Å². The number of hydrogen-bond acceptors (Lipinski definition) is 5. The van der Waals surface area contributed by atoms with E-state index in [4.69, 9.17) is 9.47 Å². The van der Waals surface area contributed by atoms with Gasteiger partial charge >= 0.3 is 11.9 Å². The molecule has 1 saturated carbocycles. The molecule has 1 aliphatic rings. The topological polar surface area (TPSA) is 55.8 Å². The summed E-state index contributed by atoms with van der Waals surface area (Å²) >= 11 is 0. The van der Waals surface area contributed by atoms with Gasteiger partial charge in [0.15, 0.2) is 6.61 Å². The number of ether oxygens (including phenoxy) is 2. The zero-order valence-electron chi connectivity index (χ0n) is 15.9. The van der Waals surface area contributed by atoms with Gasteiger partial charge in [-0.25, -0.2) is 4.79 Å². The van der Waals surface area contributed by atoms with Gasteiger partial charge in [-0.3, -0.25) is 9.69 Å². The smallest absolute Gasteiger partial charge is 0.349 e. The van der Waals surface area contributed by atoms with Crippen molar-refractivity contribution in [2.24, 2.45) is 5.92 Å². The lowest BCUT2D eigenvalue weighted by atomic mass is 9.90. The summed E-state index contributed by atoms with van der Waals surface area (Å²) in [4.78, 5) is 25.5. The van der Waals surface area contributed by atoms with Gasteiger partial charge in [-0.05, 0) is 55.8 Å². The monoisotopic (exact) mass is 347 g/mol. The van der Waals surface area contributed by atoms with Crippen LogP contribution in [0.5, 0.6) is 5.75 Å². The molecule has 25 heavy (non-hydrogen) atoms. The van der Waals surface area contributed by atoms with Gasteiger partial charge in [-0.15, -0.1) is 0 Å². The SMILES string of the molecule is CC(C)c1cccc([C@@H](C)C2CC2)c1OC(=O)COC(=O)CN(C)C. The summed E-state index contributed by atoms with van der Waals surface area (Å²) in [6, 6.07) is 6.06. The molecule has 1 atom stereocenters. The highest BCUT2D eigenvalue weighted by Gasteiger charge is 2.32. The molecule has 0 radical (unpaired) electrons. The number of benzene rings is 1. The van der Waals surface area contributed by atoms with Crippen LogP contribution in [0.25, 0.3) is 0 Å². The highest BCUT2D eigenvalue weighted by atomic mass is 16.6. The van der Waals surface area contributed by atoms with Gasteiger partial charge in [-0.2, -0.15) is 0 Å². The maximum atomic E-state index is 12.2. The van der Waals surface area contributed by atoms with Crippen molar-refractivity contribution in [1.82, 2.24) is 4.90 Å². The fourth-order valence-electron chi connectivity index (χ4n) is 2.94. The molecule has 138 valence electrons. The molecule has 0 heterocycles. The maximum absolute atomic E-state index is 12.2. The molecular formula is C20H29NO4. The second-order valence-electron chi connectivity index (χ2n) is 7.42. The Morgan fingerprint density at radius 1 is 1.12 bits per heavy atom. The first-order valence-corrected chi connectivity index (χ1v) is 8.93. The fourth-order valence-corrected chi connectivity index (χ4v) is 2.94. The Morgan fingerprint density at radius 3 is 2.32 bits per heavy atom. The molecule has 2 rings (SSSR count). The summed E-state index contributed by atoms with van der Waals surface area (Å²) in [5.74, 6) is 0.932. The molecule has 1 aliphatic carbocycles. The van der Waals surface area contributed by atoms with Gasteiger partial charge in [0.1, 0.15) is 5.75 Å². The molecule has 0 unspecified atom stereocenters. The summed E-state index contributed by atoms with van der Waals surface area (Å²) in [5, 5.41) is 0. The largest absolute Gasteiger partial charge is 0.453 e. The normalized spacial score (nSPS) is 15.3. The number of carbonyl (C=O) groups is 2. The van der Waals surface area contributed by atoms with Crippen molar-refractivity contribution in [2.75, 3.05) is 27.2 Å². The van der Waals surface area contributed by atoms with Crippen LogP contribution in [0.15, 0.2) is 18.2 Å². The van der Waals surface area contributed by atoms with E-state index in [1.54, 1.807) is 19.0 Å². The molecule has 0 spiro atoms. The van der Waals surface area contributed by atoms with E-state index in [0.717, 1.165) is 11.1 Å². The molecular weight excluding hydrogens is 318 g/mol. The lowest BCUT2D eigenvalue weighted by molar-refractivity contribution is -0.154. The number of para-hydroxylation sites is 1. The number of rotatable bonds is 8. The molecule has 1 aromatic rings. The number of esters is 2. The van der Waals surface area contributed by atoms with E-state index in [0.29, 0.717) is 17.6 Å². The summed E-state index contributed by atoms with van der Waals surface area (Å²) in [5.41, 5.74) is 2.08. The van der Waals surface area contributed by atoms with Crippen LogP contribution in [0, 0.1) is 5.92 Å². The molecule has 0 aliphatic heterocycles. The van der Waals surface area contributed by atoms with Gasteiger partial charge in [0.25, 0.3) is 0 Å². The van der Waals surface area contributed by atoms with E-state index in [1.807, 2.05) is 18.2 Å². The molecule has 5 nitrogen and oxygen atoms in total. The van der Waals surface area contributed by atoms with Crippen molar-refractivity contribution < 1.29 is 19.1 Å². The molecule has 1 aromatic carbocycles. The zero-order chi connectivity index (χ0) is 18.6. The Bertz CT molecular complexity index is 620. The molecule has 0 N–H and O–H groups in total. The quantitative estimate of drug-likeness (QED) is 0.533. The minimum atomic E-state index is -0.538. The molecule has 0 aromatic heterocycles. The van der Waals surface area contributed by atoms with E-state index in [1.165, 1.54) is 12.8 Å². The summed E-state index contributed by atoms with van der Waals surface area (Å²) in [6.45, 7) is 6.12. The van der Waals surface area contributed by atoms with Crippen LogP contribution in [0.4, 0.5) is 0 Å². The Labute approximate surface area is 150 Å². The zero-order valence-corrected chi connectivity index (χ0v) is 15.9. The van der Waals surface area contributed by atoms with E-state index in [2.05, 4.69) is 20.8 Å². The highest BCUT2D eigenvalue weighted by molar-refractivity contribution is 5.79. The minimum Gasteiger partial charge on any atom is -0.453 e. The van der Waals surface area contributed by atoms with Gasteiger partial charge in [-0.1, -0.05) is 39.0 Å². The first-order valence-electron chi connectivity index (χ1n) is 8.93. The second-order valence-corrected chi connectivity index (χ2v) is 7.42. The number of carbonyl (C=O) groups excluding carboxylic acids is 2. The van der Waals surface area contributed by atoms with Crippen molar-refractivity contribution in [3.63, 3.8) is 0 Å². The van der Waals surface area contributed by atoms with Crippen LogP contribution >= 0.6 is 0 Å². The lowest BCUT2D eigenvalue weighted by Gasteiger charge is -2.20. The highest BCUT2D eigenvalue weighted by Crippen LogP contribution is 2.46. The predicted molar refractivity (Wildman–Crippen MR) is 96.8 cm³/mol. The minimum absolute atomic E-state index is 0.139. The molecule has 5 heteroatoms. The second kappa shape index (κ2) is 8.48. The Kier molecular flexibility index (Phi) is 6.59. The first-order chi connectivity index (χ1) is 11.8. The Balaban J connectivity index is 2.10. The average Bonchev–Trinajstić information content (AvgIpc) is 3.36. The van der Waals surface area contributed by atoms with Gasteiger partial charge < -0.3 is 9.47 Å². The summed E-state index contributed by atoms with van der Waals surface area (Å²) < 4.78 is 10.7. The third-order valence-corrected chi connectivity index (χ3v) is 4.53. The van der Waals surface area contributed by atoms with Crippen LogP contribution < -0.4 is 4.74 Å². The Morgan fingerprint density at radius 2 is 1.76 bits per heavy atom. The third-order valence-electron chi connectivity index (χ3n) is 4.53. The van der Waals surface area contributed by atoms with Crippen LogP contribution in [0.2, 0.25) is 0 Å². The van der Waals surface area contributed by atoms with Crippen molar-refractivity contribution >= 4 is 11.9 Å². The number of nitrogens with zero attached hydrogens (tertiary/aromatic N) is 1. The number of likely N-dealkylation sites (N-methyl/N-ethyl adjacent to an activating group) is 1. The molecule has 1 fully saturated rings. The van der Waals surface area contributed by atoms with Crippen molar-refractivity contribution in [1.29, 1.82) is 0 Å². The van der Waals surface area contributed by atoms with Crippen molar-refractivity contribution in [2.45, 2.75) is 45.4 Å². The van der Waals surface area contributed by atoms with Crippen LogP contribution in [0.1, 0.15) is 56.6 Å². The number of hydrogen-bond donors (Lipinski definition) is 0. The van der Waals surface area contributed by atoms with E-state index in [-0.39, 0.29) is 19.1 Å². The van der Waals surface area contributed by atoms with Crippen molar-refractivity contribution in [3.8, 4) is 5.75 Å². The third kappa shape index (κ3) is 5.56. The summed E-state index contributed by atoms with van der Waals surface area (Å²) in [7, 11) is 3.54. The van der Waals surface area contributed by atoms with Crippen LogP contribution in [-0.2, 0) is 14.3 Å². The lowest BCUT2D eigenvalue weighted by Crippen LogP contribution is -2.27. The standard InChI is InChI=1S/C20H29NO4/c1-13(2)16-7-6-8-17(14(3)15-9-10-15)20(16)25-19(23)12-24-18(22)11-21(4)5/h6-8,13-15H,9-12H2,1-5H3/t14-/m0/s1. The molecule has 0 bridgehead atoms. The van der Waals surface area contributed by atoms with Crippen LogP contribution in [0.3, 0.4) is 0 Å². The predicted octanol–water partition coefficient (Wildman–Crippen LogP) is 3.33. The Hall–Kier alpha value is -1.88. The summed E-state index contributed by atoms with van der Waals surface area (Å²) in [6.07, 6.45) is 2.45. The fraction of sp³-hybridized carbons (Fsp3) is 0.600. The van der Waals surface area contributed by atoms with E-state index >= 15 is 0 Å².